The van der Waals surface area contributed by atoms with Gasteiger partial charge < -0.3 is 4.48 Å². The highest BCUT2D eigenvalue weighted by molar-refractivity contribution is 5.60. The predicted octanol–water partition coefficient (Wildman–Crippen LogP) is 1.92. The van der Waals surface area contributed by atoms with Gasteiger partial charge in [0.2, 0.25) is 0 Å². The van der Waals surface area contributed by atoms with Crippen LogP contribution in [0.25, 0.3) is 17.0 Å². The zero-order chi connectivity index (χ0) is 13.7. The molecule has 1 atom stereocenters. The Kier molecular flexibility index (Phi) is 2.23. The molecule has 1 aromatic carbocycles. The Hall–Kier alpha value is -2.27. The van der Waals surface area contributed by atoms with Gasteiger partial charge in [-0.1, -0.05) is 30.3 Å². The van der Waals surface area contributed by atoms with Crippen LogP contribution in [0.2, 0.25) is 0 Å². The zero-order valence-electron chi connectivity index (χ0n) is 11.6. The lowest BCUT2D eigenvalue weighted by atomic mass is 10.2. The van der Waals surface area contributed by atoms with Crippen molar-refractivity contribution in [3.05, 3.63) is 48.2 Å². The minimum Gasteiger partial charge on any atom is -0.312 e. The van der Waals surface area contributed by atoms with Crippen molar-refractivity contribution < 1.29 is 4.48 Å². The molecule has 1 aliphatic heterocycles. The lowest BCUT2D eigenvalue weighted by molar-refractivity contribution is -0.772. The molecule has 4 rings (SSSR count). The average molecular weight is 266 g/mol. The van der Waals surface area contributed by atoms with Gasteiger partial charge in [-0.2, -0.15) is 9.61 Å². The zero-order valence-corrected chi connectivity index (χ0v) is 11.6. The summed E-state index contributed by atoms with van der Waals surface area (Å²) in [5.41, 5.74) is 3.15. The molecule has 3 heterocycles. The first-order valence-corrected chi connectivity index (χ1v) is 6.75. The van der Waals surface area contributed by atoms with Crippen molar-refractivity contribution in [1.29, 1.82) is 0 Å². The second-order valence-corrected chi connectivity index (χ2v) is 5.89. The molecule has 100 valence electrons. The van der Waals surface area contributed by atoms with Gasteiger partial charge in [0.25, 0.3) is 0 Å². The average Bonchev–Trinajstić information content (AvgIpc) is 2.91. The van der Waals surface area contributed by atoms with Crippen LogP contribution < -0.4 is 0 Å². The molecular weight excluding hydrogens is 250 g/mol. The van der Waals surface area contributed by atoms with Gasteiger partial charge in [0, 0.05) is 11.8 Å². The molecule has 0 radical (unpaired) electrons. The second-order valence-electron chi connectivity index (χ2n) is 5.89. The largest absolute Gasteiger partial charge is 0.312 e. The molecule has 5 heteroatoms. The van der Waals surface area contributed by atoms with Crippen molar-refractivity contribution in [2.75, 3.05) is 20.6 Å². The third-order valence-electron chi connectivity index (χ3n) is 4.08. The second kappa shape index (κ2) is 3.86. The summed E-state index contributed by atoms with van der Waals surface area (Å²) in [5.74, 6) is 0.799. The van der Waals surface area contributed by atoms with Crippen LogP contribution in [-0.2, 0) is 0 Å². The van der Waals surface area contributed by atoms with E-state index in [0.717, 1.165) is 28.1 Å². The van der Waals surface area contributed by atoms with E-state index < -0.39 is 0 Å². The number of rotatable bonds is 2. The summed E-state index contributed by atoms with van der Waals surface area (Å²) in [6.07, 6.45) is 1.84. The SMILES string of the molecule is C[N+]1(C)CC1c1ccnn2c(-c3ccccc3)nnc12. The summed E-state index contributed by atoms with van der Waals surface area (Å²) in [4.78, 5) is 0. The summed E-state index contributed by atoms with van der Waals surface area (Å²) in [5, 5.41) is 13.1. The van der Waals surface area contributed by atoms with Crippen LogP contribution in [0.4, 0.5) is 0 Å². The highest BCUT2D eigenvalue weighted by Crippen LogP contribution is 2.41. The van der Waals surface area contributed by atoms with E-state index in [2.05, 4.69) is 35.5 Å². The number of quaternary nitrogens is 1. The highest BCUT2D eigenvalue weighted by Gasteiger charge is 2.49. The van der Waals surface area contributed by atoms with Gasteiger partial charge in [0.05, 0.1) is 19.7 Å². The van der Waals surface area contributed by atoms with Gasteiger partial charge in [-0.25, -0.2) is 0 Å². The Labute approximate surface area is 117 Å². The Morgan fingerprint density at radius 1 is 1.10 bits per heavy atom. The van der Waals surface area contributed by atoms with Crippen molar-refractivity contribution in [3.63, 3.8) is 0 Å². The fourth-order valence-corrected chi connectivity index (χ4v) is 2.72. The number of aromatic nitrogens is 4. The molecule has 0 N–H and O–H groups in total. The number of benzene rings is 1. The number of likely N-dealkylation sites (N-methyl/N-ethyl adjacent to an activating group) is 1. The fraction of sp³-hybridized carbons (Fsp3) is 0.267. The van der Waals surface area contributed by atoms with E-state index in [1.165, 1.54) is 5.56 Å². The van der Waals surface area contributed by atoms with Crippen LogP contribution in [0.15, 0.2) is 42.6 Å². The van der Waals surface area contributed by atoms with Gasteiger partial charge in [0.15, 0.2) is 17.5 Å². The molecule has 5 nitrogen and oxygen atoms in total. The van der Waals surface area contributed by atoms with E-state index in [4.69, 9.17) is 0 Å². The minimum atomic E-state index is 0.508. The lowest BCUT2D eigenvalue weighted by Crippen LogP contribution is -2.13. The summed E-state index contributed by atoms with van der Waals surface area (Å²) in [7, 11) is 4.46. The van der Waals surface area contributed by atoms with E-state index in [0.29, 0.717) is 6.04 Å². The van der Waals surface area contributed by atoms with E-state index in [1.807, 2.05) is 41.0 Å². The molecule has 0 spiro atoms. The summed E-state index contributed by atoms with van der Waals surface area (Å²) in [6, 6.07) is 12.6. The molecule has 1 unspecified atom stereocenters. The summed E-state index contributed by atoms with van der Waals surface area (Å²) in [6.45, 7) is 1.15. The predicted molar refractivity (Wildman–Crippen MR) is 75.9 cm³/mol. The van der Waals surface area contributed by atoms with Gasteiger partial charge >= 0.3 is 0 Å². The van der Waals surface area contributed by atoms with Crippen molar-refractivity contribution in [2.45, 2.75) is 6.04 Å². The normalized spacial score (nSPS) is 20.2. The molecule has 2 aromatic heterocycles. The molecular formula is C15H16N5+. The molecule has 1 saturated heterocycles. The molecule has 0 saturated carbocycles. The van der Waals surface area contributed by atoms with E-state index in [9.17, 15) is 0 Å². The van der Waals surface area contributed by atoms with E-state index in [1.54, 1.807) is 0 Å². The quantitative estimate of drug-likeness (QED) is 0.526. The Balaban J connectivity index is 1.89. The first-order chi connectivity index (χ1) is 9.67. The van der Waals surface area contributed by atoms with Crippen molar-refractivity contribution in [3.8, 4) is 11.4 Å². The van der Waals surface area contributed by atoms with Crippen molar-refractivity contribution >= 4 is 5.65 Å². The molecule has 20 heavy (non-hydrogen) atoms. The lowest BCUT2D eigenvalue weighted by Gasteiger charge is -2.06. The Bertz CT molecular complexity index is 775. The van der Waals surface area contributed by atoms with Crippen LogP contribution in [0, 0.1) is 0 Å². The van der Waals surface area contributed by atoms with Crippen molar-refractivity contribution in [1.82, 2.24) is 19.8 Å². The third-order valence-corrected chi connectivity index (χ3v) is 4.08. The van der Waals surface area contributed by atoms with Crippen molar-refractivity contribution in [2.24, 2.45) is 0 Å². The molecule has 0 aliphatic carbocycles. The number of hydrogen-bond donors (Lipinski definition) is 0. The molecule has 1 fully saturated rings. The molecule has 1 aliphatic rings. The standard InChI is InChI=1S/C15H16N5/c1-20(2)10-13(20)12-8-9-16-19-14(17-18-15(12)19)11-6-4-3-5-7-11/h3-9,13H,10H2,1-2H3/q+1. The van der Waals surface area contributed by atoms with Crippen LogP contribution in [0.3, 0.4) is 0 Å². The van der Waals surface area contributed by atoms with Crippen LogP contribution >= 0.6 is 0 Å². The first-order valence-electron chi connectivity index (χ1n) is 6.75. The maximum atomic E-state index is 4.42. The monoisotopic (exact) mass is 266 g/mol. The minimum absolute atomic E-state index is 0.508. The Morgan fingerprint density at radius 2 is 1.85 bits per heavy atom. The van der Waals surface area contributed by atoms with Gasteiger partial charge in [0.1, 0.15) is 6.54 Å². The van der Waals surface area contributed by atoms with Gasteiger partial charge in [-0.3, -0.25) is 0 Å². The first kappa shape index (κ1) is 11.5. The Morgan fingerprint density at radius 3 is 2.55 bits per heavy atom. The van der Waals surface area contributed by atoms with Crippen LogP contribution in [0.5, 0.6) is 0 Å². The van der Waals surface area contributed by atoms with Gasteiger partial charge in [-0.05, 0) is 6.07 Å². The highest BCUT2D eigenvalue weighted by atomic mass is 15.5. The van der Waals surface area contributed by atoms with E-state index >= 15 is 0 Å². The molecule has 3 aromatic rings. The topological polar surface area (TPSA) is 43.1 Å². The molecule has 0 bridgehead atoms. The number of nitrogens with zero attached hydrogens (tertiary/aromatic N) is 5. The number of fused-ring (bicyclic) bond motifs is 1. The van der Waals surface area contributed by atoms with E-state index in [-0.39, 0.29) is 0 Å². The summed E-state index contributed by atoms with van der Waals surface area (Å²) < 4.78 is 2.86. The van der Waals surface area contributed by atoms with Crippen LogP contribution in [-0.4, -0.2) is 44.9 Å². The fourth-order valence-electron chi connectivity index (χ4n) is 2.72. The third kappa shape index (κ3) is 1.63. The summed E-state index contributed by atoms with van der Waals surface area (Å²) >= 11 is 0. The number of hydrogen-bond acceptors (Lipinski definition) is 3. The smallest absolute Gasteiger partial charge is 0.187 e. The maximum Gasteiger partial charge on any atom is 0.187 e. The maximum absolute atomic E-state index is 4.42. The van der Waals surface area contributed by atoms with Gasteiger partial charge in [-0.15, -0.1) is 10.2 Å². The molecule has 0 amide bonds. The van der Waals surface area contributed by atoms with Crippen LogP contribution in [0.1, 0.15) is 11.6 Å².